The molecular formula is C28H29ClN6O3. The van der Waals surface area contributed by atoms with Gasteiger partial charge in [0, 0.05) is 24.2 Å². The number of furan rings is 1. The summed E-state index contributed by atoms with van der Waals surface area (Å²) in [5.74, 6) is 1.26. The van der Waals surface area contributed by atoms with E-state index in [1.807, 2.05) is 56.3 Å². The standard InChI is InChI=1S/C28H29ClN6O3/c1-18-13-19(2)25-21(14-18)15-23(28(36)30-25)26(27-31-32-33-35(27)10-12-37-3)34(17-22-8-6-11-38-22)16-20-7-4-5-9-24(20)29/h4-9,11,13-15,26H,10,12,16-17H2,1-3H3,(H,30,36)/t26-/m0/s1. The van der Waals surface area contributed by atoms with Gasteiger partial charge in [0.25, 0.3) is 5.56 Å². The van der Waals surface area contributed by atoms with Crippen LogP contribution >= 0.6 is 11.6 Å². The van der Waals surface area contributed by atoms with Gasteiger partial charge in [0.05, 0.1) is 31.5 Å². The lowest BCUT2D eigenvalue weighted by Gasteiger charge is -2.30. The van der Waals surface area contributed by atoms with Gasteiger partial charge in [-0.15, -0.1) is 5.10 Å². The number of methoxy groups -OCH3 is 1. The molecule has 0 amide bonds. The van der Waals surface area contributed by atoms with Crippen molar-refractivity contribution >= 4 is 22.5 Å². The number of ether oxygens (including phenoxy) is 1. The molecule has 3 heterocycles. The van der Waals surface area contributed by atoms with Crippen LogP contribution in [0.2, 0.25) is 5.02 Å². The van der Waals surface area contributed by atoms with Crippen LogP contribution in [0.5, 0.6) is 0 Å². The SMILES string of the molecule is COCCn1nnnc1[C@H](c1cc2cc(C)cc(C)c2[nH]c1=O)N(Cc1ccco1)Cc1ccccc1Cl. The average molecular weight is 533 g/mol. The number of pyridine rings is 1. The Morgan fingerprint density at radius 2 is 1.97 bits per heavy atom. The third-order valence-electron chi connectivity index (χ3n) is 6.56. The monoisotopic (exact) mass is 532 g/mol. The van der Waals surface area contributed by atoms with Crippen LogP contribution in [0.25, 0.3) is 10.9 Å². The van der Waals surface area contributed by atoms with Crippen molar-refractivity contribution in [1.82, 2.24) is 30.1 Å². The summed E-state index contributed by atoms with van der Waals surface area (Å²) in [5.41, 5.74) is 4.15. The second-order valence-corrected chi connectivity index (χ2v) is 9.74. The predicted octanol–water partition coefficient (Wildman–Crippen LogP) is 4.82. The highest BCUT2D eigenvalue weighted by molar-refractivity contribution is 6.31. The van der Waals surface area contributed by atoms with Crippen LogP contribution in [0.15, 0.2) is 70.1 Å². The Morgan fingerprint density at radius 1 is 1.13 bits per heavy atom. The van der Waals surface area contributed by atoms with Crippen LogP contribution in [-0.4, -0.2) is 43.8 Å². The van der Waals surface area contributed by atoms with E-state index in [0.29, 0.717) is 42.7 Å². The zero-order valence-electron chi connectivity index (χ0n) is 21.5. The zero-order chi connectivity index (χ0) is 26.6. The fourth-order valence-electron chi connectivity index (χ4n) is 4.84. The van der Waals surface area contributed by atoms with Crippen LogP contribution in [0.4, 0.5) is 0 Å². The highest BCUT2D eigenvalue weighted by Gasteiger charge is 2.32. The minimum Gasteiger partial charge on any atom is -0.468 e. The van der Waals surface area contributed by atoms with Crippen LogP contribution in [-0.2, 0) is 24.4 Å². The summed E-state index contributed by atoms with van der Waals surface area (Å²) >= 11 is 6.59. The Labute approximate surface area is 225 Å². The summed E-state index contributed by atoms with van der Waals surface area (Å²) in [6.07, 6.45) is 1.63. The first-order valence-corrected chi connectivity index (χ1v) is 12.7. The molecule has 9 nitrogen and oxygen atoms in total. The molecule has 0 radical (unpaired) electrons. The summed E-state index contributed by atoms with van der Waals surface area (Å²) in [5, 5.41) is 14.2. The molecule has 5 rings (SSSR count). The maximum Gasteiger partial charge on any atom is 0.253 e. The van der Waals surface area contributed by atoms with Gasteiger partial charge < -0.3 is 14.1 Å². The number of benzene rings is 2. The summed E-state index contributed by atoms with van der Waals surface area (Å²) in [6.45, 7) is 5.70. The number of nitrogens with zero attached hydrogens (tertiary/aromatic N) is 5. The molecule has 2 aromatic carbocycles. The van der Waals surface area contributed by atoms with Crippen LogP contribution in [0.3, 0.4) is 0 Å². The zero-order valence-corrected chi connectivity index (χ0v) is 22.3. The minimum absolute atomic E-state index is 0.209. The number of aryl methyl sites for hydroxylation is 2. The van der Waals surface area contributed by atoms with Crippen molar-refractivity contribution in [2.24, 2.45) is 0 Å². The molecular weight excluding hydrogens is 504 g/mol. The van der Waals surface area contributed by atoms with E-state index in [9.17, 15) is 4.79 Å². The van der Waals surface area contributed by atoms with E-state index in [1.165, 1.54) is 0 Å². The molecule has 196 valence electrons. The number of aromatic amines is 1. The maximum absolute atomic E-state index is 13.7. The highest BCUT2D eigenvalue weighted by atomic mass is 35.5. The van der Waals surface area contributed by atoms with Gasteiger partial charge in [-0.05, 0) is 71.1 Å². The number of H-pyrrole nitrogens is 1. The Hall–Kier alpha value is -3.79. The highest BCUT2D eigenvalue weighted by Crippen LogP contribution is 2.32. The van der Waals surface area contributed by atoms with Crippen LogP contribution < -0.4 is 5.56 Å². The molecule has 0 aliphatic heterocycles. The topological polar surface area (TPSA) is 102 Å². The fraction of sp³-hybridized carbons (Fsp3) is 0.286. The summed E-state index contributed by atoms with van der Waals surface area (Å²) in [7, 11) is 1.63. The van der Waals surface area contributed by atoms with E-state index in [4.69, 9.17) is 20.8 Å². The van der Waals surface area contributed by atoms with Crippen LogP contribution in [0, 0.1) is 13.8 Å². The van der Waals surface area contributed by atoms with E-state index < -0.39 is 6.04 Å². The first kappa shape index (κ1) is 25.8. The second kappa shape index (κ2) is 11.3. The average Bonchev–Trinajstić information content (AvgIpc) is 3.57. The van der Waals surface area contributed by atoms with Gasteiger partial charge in [-0.2, -0.15) is 0 Å². The molecule has 0 saturated heterocycles. The van der Waals surface area contributed by atoms with E-state index in [-0.39, 0.29) is 5.56 Å². The summed E-state index contributed by atoms with van der Waals surface area (Å²) in [6, 6.07) is 16.9. The fourth-order valence-corrected chi connectivity index (χ4v) is 5.03. The van der Waals surface area contributed by atoms with Crippen molar-refractivity contribution in [2.75, 3.05) is 13.7 Å². The lowest BCUT2D eigenvalue weighted by Crippen LogP contribution is -2.35. The Balaban J connectivity index is 1.71. The van der Waals surface area contributed by atoms with E-state index in [1.54, 1.807) is 18.1 Å². The minimum atomic E-state index is -0.614. The largest absolute Gasteiger partial charge is 0.468 e. The molecule has 0 spiro atoms. The smallest absolute Gasteiger partial charge is 0.253 e. The van der Waals surface area contributed by atoms with Gasteiger partial charge in [-0.1, -0.05) is 41.4 Å². The molecule has 0 fully saturated rings. The first-order chi connectivity index (χ1) is 18.4. The number of hydrogen-bond acceptors (Lipinski definition) is 7. The summed E-state index contributed by atoms with van der Waals surface area (Å²) in [4.78, 5) is 18.9. The lowest BCUT2D eigenvalue weighted by atomic mass is 10.00. The van der Waals surface area contributed by atoms with Gasteiger partial charge in [-0.25, -0.2) is 4.68 Å². The number of fused-ring (bicyclic) bond motifs is 1. The molecule has 38 heavy (non-hydrogen) atoms. The van der Waals surface area contributed by atoms with E-state index in [0.717, 1.165) is 33.4 Å². The Bertz CT molecular complexity index is 1590. The quantitative estimate of drug-likeness (QED) is 0.275. The predicted molar refractivity (Wildman–Crippen MR) is 145 cm³/mol. The van der Waals surface area contributed by atoms with Crippen molar-refractivity contribution < 1.29 is 9.15 Å². The molecule has 1 atom stereocenters. The van der Waals surface area contributed by atoms with Gasteiger partial charge in [0.2, 0.25) is 0 Å². The molecule has 0 bridgehead atoms. The molecule has 1 N–H and O–H groups in total. The molecule has 0 saturated carbocycles. The number of tetrazole rings is 1. The maximum atomic E-state index is 13.7. The summed E-state index contributed by atoms with van der Waals surface area (Å²) < 4.78 is 12.7. The lowest BCUT2D eigenvalue weighted by molar-refractivity contribution is 0.163. The second-order valence-electron chi connectivity index (χ2n) is 9.33. The third-order valence-corrected chi connectivity index (χ3v) is 6.93. The van der Waals surface area contributed by atoms with Crippen LogP contribution in [0.1, 0.15) is 39.9 Å². The Morgan fingerprint density at radius 3 is 2.74 bits per heavy atom. The van der Waals surface area contributed by atoms with E-state index in [2.05, 4.69) is 37.5 Å². The molecule has 0 unspecified atom stereocenters. The third kappa shape index (κ3) is 5.40. The van der Waals surface area contributed by atoms with E-state index >= 15 is 0 Å². The molecule has 0 aliphatic carbocycles. The normalized spacial score (nSPS) is 12.4. The first-order valence-electron chi connectivity index (χ1n) is 12.3. The number of nitrogens with one attached hydrogen (secondary N) is 1. The van der Waals surface area contributed by atoms with Crippen molar-refractivity contribution in [2.45, 2.75) is 39.5 Å². The van der Waals surface area contributed by atoms with Crippen molar-refractivity contribution in [3.8, 4) is 0 Å². The van der Waals surface area contributed by atoms with Crippen molar-refractivity contribution in [1.29, 1.82) is 0 Å². The molecule has 3 aromatic heterocycles. The number of halogens is 1. The molecule has 5 aromatic rings. The molecule has 10 heteroatoms. The van der Waals surface area contributed by atoms with Gasteiger partial charge in [0.15, 0.2) is 5.82 Å². The van der Waals surface area contributed by atoms with Gasteiger partial charge in [0.1, 0.15) is 11.8 Å². The van der Waals surface area contributed by atoms with Gasteiger partial charge >= 0.3 is 0 Å². The molecule has 0 aliphatic rings. The number of rotatable bonds is 10. The number of aromatic nitrogens is 5. The van der Waals surface area contributed by atoms with Gasteiger partial charge in [-0.3, -0.25) is 9.69 Å². The van der Waals surface area contributed by atoms with Crippen molar-refractivity contribution in [3.05, 3.63) is 110 Å². The van der Waals surface area contributed by atoms with Crippen molar-refractivity contribution in [3.63, 3.8) is 0 Å². The number of hydrogen-bond donors (Lipinski definition) is 1. The Kier molecular flexibility index (Phi) is 7.69.